The van der Waals surface area contributed by atoms with E-state index in [1.807, 2.05) is 47.4 Å². The van der Waals surface area contributed by atoms with Gasteiger partial charge in [0, 0.05) is 34.9 Å². The topological polar surface area (TPSA) is 81.9 Å². The Morgan fingerprint density at radius 2 is 1.97 bits per heavy atom. The van der Waals surface area contributed by atoms with Crippen LogP contribution >= 0.6 is 0 Å². The predicted molar refractivity (Wildman–Crippen MR) is 121 cm³/mol. The molecule has 1 aliphatic carbocycles. The third-order valence-corrected chi connectivity index (χ3v) is 6.59. The first-order chi connectivity index (χ1) is 15.7. The molecule has 2 aliphatic rings. The molecule has 1 fully saturated rings. The van der Waals surface area contributed by atoms with E-state index in [1.54, 1.807) is 6.20 Å². The summed E-state index contributed by atoms with van der Waals surface area (Å²) in [5.74, 6) is 0.0557. The number of carbonyl (C=O) groups excluding carboxylic acids is 1. The number of hydrogen-bond acceptors (Lipinski definition) is 5. The Hall–Kier alpha value is -3.58. The van der Waals surface area contributed by atoms with E-state index in [0.29, 0.717) is 13.2 Å². The van der Waals surface area contributed by atoms with Crippen LogP contribution in [0.1, 0.15) is 36.4 Å². The molecule has 2 atom stereocenters. The molecule has 0 bridgehead atoms. The van der Waals surface area contributed by atoms with Crippen molar-refractivity contribution < 1.29 is 9.53 Å². The van der Waals surface area contributed by atoms with Crippen LogP contribution < -0.4 is 5.32 Å². The lowest BCUT2D eigenvalue weighted by Crippen LogP contribution is -2.21. The van der Waals surface area contributed by atoms with Gasteiger partial charge in [-0.3, -0.25) is 9.78 Å². The molecule has 2 aromatic heterocycles. The third kappa shape index (κ3) is 3.54. The highest BCUT2D eigenvalue weighted by Crippen LogP contribution is 2.36. The van der Waals surface area contributed by atoms with Crippen molar-refractivity contribution in [2.24, 2.45) is 5.92 Å². The summed E-state index contributed by atoms with van der Waals surface area (Å²) in [4.78, 5) is 17.0. The number of nitrogens with zero attached hydrogens (tertiary/aromatic N) is 4. The molecular weight excluding hydrogens is 402 g/mol. The van der Waals surface area contributed by atoms with Crippen LogP contribution in [0.15, 0.2) is 61.1 Å². The first kappa shape index (κ1) is 19.1. The van der Waals surface area contributed by atoms with Crippen molar-refractivity contribution in [3.8, 4) is 11.3 Å². The molecular formula is C25H23N5O2. The molecule has 1 amide bonds. The molecule has 1 N–H and O–H groups in total. The van der Waals surface area contributed by atoms with Crippen LogP contribution in [-0.2, 0) is 22.7 Å². The summed E-state index contributed by atoms with van der Waals surface area (Å²) in [6.07, 6.45) is 8.18. The number of pyridine rings is 1. The zero-order valence-corrected chi connectivity index (χ0v) is 17.6. The lowest BCUT2D eigenvalue weighted by atomic mass is 10.1. The lowest BCUT2D eigenvalue weighted by Gasteiger charge is -2.12. The Bertz CT molecular complexity index is 1310. The molecule has 6 rings (SSSR count). The fraction of sp³-hybridized carbons (Fsp3) is 0.280. The van der Waals surface area contributed by atoms with Gasteiger partial charge in [0.2, 0.25) is 5.91 Å². The van der Waals surface area contributed by atoms with Gasteiger partial charge in [0.25, 0.3) is 0 Å². The lowest BCUT2D eigenvalue weighted by molar-refractivity contribution is -0.119. The largest absolute Gasteiger partial charge is 0.372 e. The maximum atomic E-state index is 12.9. The normalized spacial score (nSPS) is 19.9. The second kappa shape index (κ2) is 7.84. The highest BCUT2D eigenvalue weighted by molar-refractivity contribution is 5.93. The van der Waals surface area contributed by atoms with Crippen LogP contribution in [0.25, 0.3) is 22.0 Å². The Balaban J connectivity index is 1.13. The smallest absolute Gasteiger partial charge is 0.227 e. The number of fused-ring (bicyclic) bond motifs is 2. The fourth-order valence-corrected chi connectivity index (χ4v) is 4.76. The molecule has 0 spiro atoms. The first-order valence-electron chi connectivity index (χ1n) is 11.0. The van der Waals surface area contributed by atoms with Gasteiger partial charge in [-0.1, -0.05) is 23.4 Å². The van der Waals surface area contributed by atoms with E-state index in [0.717, 1.165) is 52.5 Å². The summed E-state index contributed by atoms with van der Waals surface area (Å²) in [6, 6.07) is 14.4. The van der Waals surface area contributed by atoms with Crippen molar-refractivity contribution in [2.75, 3.05) is 5.32 Å². The van der Waals surface area contributed by atoms with E-state index in [9.17, 15) is 4.79 Å². The van der Waals surface area contributed by atoms with Gasteiger partial charge < -0.3 is 10.1 Å². The number of benzene rings is 2. The van der Waals surface area contributed by atoms with E-state index in [-0.39, 0.29) is 17.9 Å². The Labute approximate surface area is 185 Å². The predicted octanol–water partition coefficient (Wildman–Crippen LogP) is 4.50. The Morgan fingerprint density at radius 1 is 1.03 bits per heavy atom. The van der Waals surface area contributed by atoms with Gasteiger partial charge in [0.1, 0.15) is 5.69 Å². The monoisotopic (exact) mass is 425 g/mol. The fourth-order valence-electron chi connectivity index (χ4n) is 4.76. The summed E-state index contributed by atoms with van der Waals surface area (Å²) in [5, 5.41) is 14.1. The average molecular weight is 425 g/mol. The molecule has 1 aliphatic heterocycles. The summed E-state index contributed by atoms with van der Waals surface area (Å²) in [7, 11) is 0. The van der Waals surface area contributed by atoms with Crippen molar-refractivity contribution in [1.82, 2.24) is 20.0 Å². The van der Waals surface area contributed by atoms with Crippen LogP contribution in [-0.4, -0.2) is 25.9 Å². The van der Waals surface area contributed by atoms with Gasteiger partial charge >= 0.3 is 0 Å². The van der Waals surface area contributed by atoms with Crippen LogP contribution in [0.3, 0.4) is 0 Å². The van der Waals surface area contributed by atoms with Gasteiger partial charge in [-0.15, -0.1) is 5.10 Å². The number of carbonyl (C=O) groups is 1. The van der Waals surface area contributed by atoms with Crippen molar-refractivity contribution in [2.45, 2.75) is 38.5 Å². The number of rotatable bonds is 4. The minimum Gasteiger partial charge on any atom is -0.372 e. The molecule has 0 saturated heterocycles. The van der Waals surface area contributed by atoms with Crippen LogP contribution in [0, 0.1) is 5.92 Å². The van der Waals surface area contributed by atoms with Gasteiger partial charge in [0.15, 0.2) is 0 Å². The summed E-state index contributed by atoms with van der Waals surface area (Å²) >= 11 is 0. The van der Waals surface area contributed by atoms with Crippen molar-refractivity contribution in [3.63, 3.8) is 0 Å². The quantitative estimate of drug-likeness (QED) is 0.520. The molecule has 160 valence electrons. The molecule has 4 aromatic rings. The highest BCUT2D eigenvalue weighted by atomic mass is 16.5. The molecule has 0 radical (unpaired) electrons. The van der Waals surface area contributed by atoms with E-state index in [2.05, 4.69) is 32.7 Å². The minimum absolute atomic E-state index is 0.0228. The van der Waals surface area contributed by atoms with E-state index in [1.165, 1.54) is 5.56 Å². The zero-order chi connectivity index (χ0) is 21.5. The number of amides is 1. The molecule has 2 unspecified atom stereocenters. The number of ether oxygens (including phenoxy) is 1. The summed E-state index contributed by atoms with van der Waals surface area (Å²) in [6.45, 7) is 1.28. The number of anilines is 1. The van der Waals surface area contributed by atoms with Crippen molar-refractivity contribution in [1.29, 1.82) is 0 Å². The van der Waals surface area contributed by atoms with Gasteiger partial charge in [-0.2, -0.15) is 0 Å². The second-order valence-corrected chi connectivity index (χ2v) is 8.65. The van der Waals surface area contributed by atoms with Gasteiger partial charge in [-0.25, -0.2) is 4.68 Å². The molecule has 3 heterocycles. The standard InChI is InChI=1S/C25H23N5O2/c31-25(27-22-5-3-20-14-32-15-21(20)10-22)18-4-6-23(11-18)30-13-24(28-29-30)17-1-2-19-12-26-8-7-16(19)9-17/h1-3,5,7-10,12-13,18,23H,4,6,11,14-15H2,(H,27,31). The maximum absolute atomic E-state index is 12.9. The van der Waals surface area contributed by atoms with Crippen molar-refractivity contribution in [3.05, 3.63) is 72.2 Å². The van der Waals surface area contributed by atoms with Crippen LogP contribution in [0.2, 0.25) is 0 Å². The second-order valence-electron chi connectivity index (χ2n) is 8.65. The molecule has 32 heavy (non-hydrogen) atoms. The van der Waals surface area contributed by atoms with E-state index in [4.69, 9.17) is 4.74 Å². The van der Waals surface area contributed by atoms with Gasteiger partial charge in [-0.05, 0) is 60.0 Å². The third-order valence-electron chi connectivity index (χ3n) is 6.59. The maximum Gasteiger partial charge on any atom is 0.227 e. The zero-order valence-electron chi connectivity index (χ0n) is 17.6. The molecule has 7 heteroatoms. The number of nitrogens with one attached hydrogen (secondary N) is 1. The first-order valence-corrected chi connectivity index (χ1v) is 11.0. The molecule has 1 saturated carbocycles. The molecule has 2 aromatic carbocycles. The Morgan fingerprint density at radius 3 is 2.94 bits per heavy atom. The average Bonchev–Trinajstić information content (AvgIpc) is 3.58. The number of aromatic nitrogens is 4. The van der Waals surface area contributed by atoms with Crippen LogP contribution in [0.5, 0.6) is 0 Å². The Kier molecular flexibility index (Phi) is 4.69. The molecule has 7 nitrogen and oxygen atoms in total. The highest BCUT2D eigenvalue weighted by Gasteiger charge is 2.32. The number of hydrogen-bond donors (Lipinski definition) is 1. The van der Waals surface area contributed by atoms with Gasteiger partial charge in [0.05, 0.1) is 25.5 Å². The van der Waals surface area contributed by atoms with Crippen molar-refractivity contribution >= 4 is 22.4 Å². The van der Waals surface area contributed by atoms with E-state index >= 15 is 0 Å². The summed E-state index contributed by atoms with van der Waals surface area (Å²) in [5.41, 5.74) is 5.08. The minimum atomic E-state index is -0.0228. The van der Waals surface area contributed by atoms with E-state index < -0.39 is 0 Å². The summed E-state index contributed by atoms with van der Waals surface area (Å²) < 4.78 is 7.38. The SMILES string of the molecule is O=C(Nc1ccc2c(c1)COC2)C1CCC(n2cc(-c3ccc4cnccc4c3)nn2)C1. The van der Waals surface area contributed by atoms with Crippen LogP contribution in [0.4, 0.5) is 5.69 Å².